The second-order valence-corrected chi connectivity index (χ2v) is 19.3. The standard InChI is InChI=1S/C33H34N8O4.2C12H14O/c1-15-16(2)26(30-36-40-41-37-30)28-27(25(15)29-34-38-39-35-29)44-23-10-18-20(12-24(23)45-28)33(14-32(18,5)6)13-31(3,4)17-9-21(42-7)22(43-8)11-19(17)33;2*1-3-9-13-10-12-8-6-5-7-11(12)4-2/h9-12H,13-14H2,1-8H3,(H,34,35,38,39)(H,36,37,40,41);2*1,5-8H,4,9-10H2,2H3. The average molecular weight is 955 g/mol. The zero-order valence-corrected chi connectivity index (χ0v) is 42.4. The predicted molar refractivity (Wildman–Crippen MR) is 273 cm³/mol. The Balaban J connectivity index is 0.000000212. The lowest BCUT2D eigenvalue weighted by molar-refractivity contribution is 0.153. The van der Waals surface area contributed by atoms with Crippen LogP contribution in [0.5, 0.6) is 34.5 Å². The van der Waals surface area contributed by atoms with Crippen molar-refractivity contribution in [2.75, 3.05) is 27.4 Å². The van der Waals surface area contributed by atoms with E-state index in [0.29, 0.717) is 72.2 Å². The minimum absolute atomic E-state index is 0.0909. The van der Waals surface area contributed by atoms with E-state index in [-0.39, 0.29) is 16.2 Å². The van der Waals surface area contributed by atoms with Gasteiger partial charge >= 0.3 is 0 Å². The van der Waals surface area contributed by atoms with Crippen LogP contribution in [0.4, 0.5) is 0 Å². The molecule has 2 N–H and O–H groups in total. The molecular formula is C57H62N8O6. The lowest BCUT2D eigenvalue weighted by Crippen LogP contribution is -2.27. The molecule has 1 atom stereocenters. The van der Waals surface area contributed by atoms with E-state index in [2.05, 4.69) is 143 Å². The van der Waals surface area contributed by atoms with Crippen LogP contribution in [0.1, 0.15) is 110 Å². The van der Waals surface area contributed by atoms with Crippen molar-refractivity contribution in [2.24, 2.45) is 0 Å². The predicted octanol–water partition coefficient (Wildman–Crippen LogP) is 11.0. The number of terminal acetylenes is 2. The van der Waals surface area contributed by atoms with Gasteiger partial charge in [-0.1, -0.05) is 102 Å². The summed E-state index contributed by atoms with van der Waals surface area (Å²) in [6.45, 7) is 19.5. The molecule has 0 saturated heterocycles. The SMILES string of the molecule is C#CCOCc1ccccc1CC.C#CCOCc1ccccc1CC.COc1cc2c(cc1OC)C1(CC2(C)C)CC(C)(C)c2cc3c(cc21)Oc1c(c(-c2nn[nH]n2)c(C)c(C)c1-c1nn[nH]n1)O3. The van der Waals surface area contributed by atoms with E-state index in [4.69, 9.17) is 41.3 Å². The summed E-state index contributed by atoms with van der Waals surface area (Å²) in [6.07, 6.45) is 14.1. The summed E-state index contributed by atoms with van der Waals surface area (Å²) in [5.74, 6) is 9.42. The summed E-state index contributed by atoms with van der Waals surface area (Å²) in [6, 6.07) is 25.2. The van der Waals surface area contributed by atoms with Crippen LogP contribution >= 0.6 is 0 Å². The number of aromatic nitrogens is 8. The molecule has 0 saturated carbocycles. The Morgan fingerprint density at radius 3 is 1.38 bits per heavy atom. The van der Waals surface area contributed by atoms with Gasteiger partial charge in [0.25, 0.3) is 0 Å². The van der Waals surface area contributed by atoms with Crippen molar-refractivity contribution >= 4 is 0 Å². The molecule has 0 radical (unpaired) electrons. The van der Waals surface area contributed by atoms with Gasteiger partial charge in [-0.3, -0.25) is 0 Å². The van der Waals surface area contributed by atoms with Gasteiger partial charge in [-0.2, -0.15) is 10.4 Å². The Kier molecular flexibility index (Phi) is 14.6. The van der Waals surface area contributed by atoms with Crippen molar-refractivity contribution < 1.29 is 28.4 Å². The van der Waals surface area contributed by atoms with E-state index in [1.54, 1.807) is 14.2 Å². The van der Waals surface area contributed by atoms with Gasteiger partial charge in [-0.05, 0) is 141 Å². The van der Waals surface area contributed by atoms with Crippen LogP contribution < -0.4 is 18.9 Å². The molecule has 7 aromatic rings. The Hall–Kier alpha value is -7.52. The first kappa shape index (κ1) is 49.9. The van der Waals surface area contributed by atoms with Crippen LogP contribution in [0.25, 0.3) is 22.8 Å². The molecule has 1 spiro atoms. The molecule has 3 heterocycles. The third-order valence-corrected chi connectivity index (χ3v) is 14.0. The van der Waals surface area contributed by atoms with Gasteiger partial charge in [0.2, 0.25) is 11.6 Å². The first-order valence-electron chi connectivity index (χ1n) is 23.9. The van der Waals surface area contributed by atoms with Gasteiger partial charge in [0, 0.05) is 5.41 Å². The van der Waals surface area contributed by atoms with Gasteiger partial charge in [-0.15, -0.1) is 33.2 Å². The van der Waals surface area contributed by atoms with Crippen molar-refractivity contribution in [3.05, 3.63) is 128 Å². The first-order valence-corrected chi connectivity index (χ1v) is 23.9. The number of nitrogens with one attached hydrogen (secondary N) is 2. The van der Waals surface area contributed by atoms with Crippen molar-refractivity contribution in [2.45, 2.75) is 111 Å². The maximum Gasteiger partial charge on any atom is 0.208 e. The fourth-order valence-corrected chi connectivity index (χ4v) is 10.8. The maximum absolute atomic E-state index is 6.85. The molecule has 10 rings (SSSR count). The zero-order chi connectivity index (χ0) is 50.5. The van der Waals surface area contributed by atoms with Crippen LogP contribution in [0.15, 0.2) is 72.8 Å². The van der Waals surface area contributed by atoms with Gasteiger partial charge in [0.15, 0.2) is 34.5 Å². The summed E-state index contributed by atoms with van der Waals surface area (Å²) in [5.41, 5.74) is 12.8. The number of rotatable bonds is 12. The molecule has 0 amide bonds. The van der Waals surface area contributed by atoms with E-state index in [9.17, 15) is 0 Å². The smallest absolute Gasteiger partial charge is 0.208 e. The van der Waals surface area contributed by atoms with Gasteiger partial charge in [0.05, 0.1) is 38.6 Å². The number of hydrogen-bond donors (Lipinski definition) is 2. The average Bonchev–Trinajstić information content (AvgIpc) is 4.18. The molecule has 2 aromatic heterocycles. The molecule has 1 unspecified atom stereocenters. The Bertz CT molecular complexity index is 3050. The van der Waals surface area contributed by atoms with E-state index >= 15 is 0 Å². The largest absolute Gasteiger partial charge is 0.493 e. The third kappa shape index (κ3) is 9.58. The molecule has 14 heteroatoms. The number of benzene rings is 5. The minimum Gasteiger partial charge on any atom is -0.493 e. The summed E-state index contributed by atoms with van der Waals surface area (Å²) in [7, 11) is 3.38. The monoisotopic (exact) mass is 954 g/mol. The maximum atomic E-state index is 6.85. The molecule has 1 aliphatic heterocycles. The van der Waals surface area contributed by atoms with E-state index in [1.807, 2.05) is 38.1 Å². The molecule has 366 valence electrons. The van der Waals surface area contributed by atoms with Crippen LogP contribution in [0.3, 0.4) is 0 Å². The normalized spacial score (nSPS) is 16.0. The van der Waals surface area contributed by atoms with E-state index < -0.39 is 0 Å². The Morgan fingerprint density at radius 2 is 0.986 bits per heavy atom. The molecule has 2 aliphatic carbocycles. The fraction of sp³-hybridized carbons (Fsp3) is 0.368. The molecular weight excluding hydrogens is 893 g/mol. The lowest BCUT2D eigenvalue weighted by Gasteiger charge is -2.31. The molecule has 71 heavy (non-hydrogen) atoms. The number of nitrogens with zero attached hydrogens (tertiary/aromatic N) is 6. The minimum atomic E-state index is -0.259. The van der Waals surface area contributed by atoms with Crippen LogP contribution in [-0.4, -0.2) is 68.7 Å². The van der Waals surface area contributed by atoms with Gasteiger partial charge in [0.1, 0.15) is 13.2 Å². The number of hydrogen-bond acceptors (Lipinski definition) is 12. The van der Waals surface area contributed by atoms with Gasteiger partial charge < -0.3 is 28.4 Å². The van der Waals surface area contributed by atoms with Crippen LogP contribution in [-0.2, 0) is 51.8 Å². The Morgan fingerprint density at radius 1 is 0.592 bits per heavy atom. The third-order valence-electron chi connectivity index (χ3n) is 14.0. The highest BCUT2D eigenvalue weighted by Gasteiger charge is 2.57. The number of H-pyrrole nitrogens is 2. The fourth-order valence-electron chi connectivity index (χ4n) is 10.8. The van der Waals surface area contributed by atoms with E-state index in [1.165, 1.54) is 44.5 Å². The number of aryl methyl sites for hydroxylation is 2. The Labute approximate surface area is 416 Å². The van der Waals surface area contributed by atoms with Gasteiger partial charge in [-0.25, -0.2) is 0 Å². The number of methoxy groups -OCH3 is 2. The molecule has 3 aliphatic rings. The number of aromatic amines is 2. The summed E-state index contributed by atoms with van der Waals surface area (Å²) < 4.78 is 35.7. The second kappa shape index (κ2) is 20.8. The molecule has 14 nitrogen and oxygen atoms in total. The van der Waals surface area contributed by atoms with E-state index in [0.717, 1.165) is 48.3 Å². The zero-order valence-electron chi connectivity index (χ0n) is 42.4. The second-order valence-electron chi connectivity index (χ2n) is 19.3. The van der Waals surface area contributed by atoms with Crippen molar-refractivity contribution in [3.8, 4) is 82.0 Å². The van der Waals surface area contributed by atoms with Crippen molar-refractivity contribution in [1.82, 2.24) is 41.2 Å². The topological polar surface area (TPSA) is 164 Å². The molecule has 0 fully saturated rings. The highest BCUT2D eigenvalue weighted by atomic mass is 16.6. The molecule has 5 aromatic carbocycles. The highest BCUT2D eigenvalue weighted by Crippen LogP contribution is 2.66. The summed E-state index contributed by atoms with van der Waals surface area (Å²) in [5, 5.41) is 29.9. The summed E-state index contributed by atoms with van der Waals surface area (Å²) in [4.78, 5) is 0. The number of fused-ring (bicyclic) bond motifs is 6. The number of ether oxygens (including phenoxy) is 6. The van der Waals surface area contributed by atoms with Crippen LogP contribution in [0, 0.1) is 38.5 Å². The van der Waals surface area contributed by atoms with Crippen molar-refractivity contribution in [3.63, 3.8) is 0 Å². The van der Waals surface area contributed by atoms with Crippen LogP contribution in [0.2, 0.25) is 0 Å². The number of tetrazole rings is 2. The summed E-state index contributed by atoms with van der Waals surface area (Å²) >= 11 is 0. The molecule has 0 bridgehead atoms. The quantitative estimate of drug-likeness (QED) is 0.0881. The van der Waals surface area contributed by atoms with Crippen molar-refractivity contribution in [1.29, 1.82) is 0 Å². The lowest BCUT2D eigenvalue weighted by atomic mass is 9.72. The first-order chi connectivity index (χ1) is 34.2. The highest BCUT2D eigenvalue weighted by molar-refractivity contribution is 5.86.